The van der Waals surface area contributed by atoms with Crippen LogP contribution >= 0.6 is 0 Å². The average molecular weight is 237 g/mol. The van der Waals surface area contributed by atoms with Gasteiger partial charge in [-0.05, 0) is 44.5 Å². The predicted molar refractivity (Wildman–Crippen MR) is 70.5 cm³/mol. The number of nitrogens with one attached hydrogen (secondary N) is 1. The zero-order chi connectivity index (χ0) is 12.2. The molecule has 3 heteroatoms. The van der Waals surface area contributed by atoms with Crippen LogP contribution in [-0.4, -0.2) is 33.4 Å². The summed E-state index contributed by atoms with van der Waals surface area (Å²) in [5.41, 5.74) is 0. The first kappa shape index (κ1) is 14.0. The van der Waals surface area contributed by atoms with Crippen molar-refractivity contribution in [2.45, 2.75) is 19.3 Å². The number of para-hydroxylation sites is 1. The van der Waals surface area contributed by atoms with Crippen LogP contribution < -0.4 is 10.1 Å². The highest BCUT2D eigenvalue weighted by Gasteiger charge is 1.92. The van der Waals surface area contributed by atoms with E-state index in [0.29, 0.717) is 0 Å². The van der Waals surface area contributed by atoms with Crippen molar-refractivity contribution < 1.29 is 9.47 Å². The number of unbranched alkanes of at least 4 members (excludes halogenated alkanes) is 1. The summed E-state index contributed by atoms with van der Waals surface area (Å²) >= 11 is 0. The van der Waals surface area contributed by atoms with E-state index in [0.717, 1.165) is 44.9 Å². The molecule has 0 atom stereocenters. The maximum absolute atomic E-state index is 5.59. The van der Waals surface area contributed by atoms with Crippen molar-refractivity contribution in [2.24, 2.45) is 0 Å². The Kier molecular flexibility index (Phi) is 8.33. The third-order valence-electron chi connectivity index (χ3n) is 2.46. The first-order valence-corrected chi connectivity index (χ1v) is 6.31. The Hall–Kier alpha value is -1.06. The Morgan fingerprint density at radius 3 is 2.47 bits per heavy atom. The monoisotopic (exact) mass is 237 g/mol. The van der Waals surface area contributed by atoms with Crippen LogP contribution in [0.4, 0.5) is 0 Å². The molecule has 3 nitrogen and oxygen atoms in total. The fourth-order valence-electron chi connectivity index (χ4n) is 1.53. The van der Waals surface area contributed by atoms with Crippen LogP contribution in [0.1, 0.15) is 19.3 Å². The highest BCUT2D eigenvalue weighted by atomic mass is 16.5. The molecule has 0 amide bonds. The zero-order valence-electron chi connectivity index (χ0n) is 10.7. The van der Waals surface area contributed by atoms with Gasteiger partial charge in [0.25, 0.3) is 0 Å². The predicted octanol–water partition coefficient (Wildman–Crippen LogP) is 2.47. The van der Waals surface area contributed by atoms with Crippen molar-refractivity contribution in [3.05, 3.63) is 30.3 Å². The molecule has 1 aromatic rings. The standard InChI is InChI=1S/C14H23NO2/c1-16-12-6-5-10-15-11-7-13-17-14-8-3-2-4-9-14/h2-4,8-9,15H,5-7,10-13H2,1H3. The van der Waals surface area contributed by atoms with Crippen LogP contribution in [0.15, 0.2) is 30.3 Å². The molecular formula is C14H23NO2. The zero-order valence-corrected chi connectivity index (χ0v) is 10.7. The van der Waals surface area contributed by atoms with Crippen LogP contribution in [0.3, 0.4) is 0 Å². The van der Waals surface area contributed by atoms with Gasteiger partial charge in [-0.3, -0.25) is 0 Å². The molecule has 96 valence electrons. The van der Waals surface area contributed by atoms with Gasteiger partial charge in [0.15, 0.2) is 0 Å². The van der Waals surface area contributed by atoms with Crippen molar-refractivity contribution in [3.8, 4) is 5.75 Å². The van der Waals surface area contributed by atoms with Gasteiger partial charge in [-0.2, -0.15) is 0 Å². The Morgan fingerprint density at radius 2 is 1.71 bits per heavy atom. The second kappa shape index (κ2) is 10.1. The second-order valence-electron chi connectivity index (χ2n) is 3.96. The first-order valence-electron chi connectivity index (χ1n) is 6.31. The average Bonchev–Trinajstić information content (AvgIpc) is 2.38. The minimum atomic E-state index is 0.773. The van der Waals surface area contributed by atoms with Crippen LogP contribution in [0.5, 0.6) is 5.75 Å². The largest absolute Gasteiger partial charge is 0.494 e. The summed E-state index contributed by atoms with van der Waals surface area (Å²) in [7, 11) is 1.74. The molecule has 1 N–H and O–H groups in total. The lowest BCUT2D eigenvalue weighted by molar-refractivity contribution is 0.192. The smallest absolute Gasteiger partial charge is 0.119 e. The molecule has 0 heterocycles. The summed E-state index contributed by atoms with van der Waals surface area (Å²) in [6, 6.07) is 9.94. The van der Waals surface area contributed by atoms with E-state index in [9.17, 15) is 0 Å². The highest BCUT2D eigenvalue weighted by molar-refractivity contribution is 5.20. The molecule has 0 saturated heterocycles. The summed E-state index contributed by atoms with van der Waals surface area (Å²) in [6.45, 7) is 3.71. The Morgan fingerprint density at radius 1 is 0.941 bits per heavy atom. The molecule has 0 aromatic heterocycles. The van der Waals surface area contributed by atoms with Gasteiger partial charge in [0, 0.05) is 13.7 Å². The molecule has 0 radical (unpaired) electrons. The van der Waals surface area contributed by atoms with Crippen molar-refractivity contribution in [1.82, 2.24) is 5.32 Å². The molecule has 0 bridgehead atoms. The maximum atomic E-state index is 5.59. The number of hydrogen-bond acceptors (Lipinski definition) is 3. The van der Waals surface area contributed by atoms with Crippen molar-refractivity contribution in [3.63, 3.8) is 0 Å². The SMILES string of the molecule is COCCCCNCCCOc1ccccc1. The normalized spacial score (nSPS) is 10.4. The molecule has 1 aromatic carbocycles. The number of methoxy groups -OCH3 is 1. The molecule has 0 fully saturated rings. The van der Waals surface area contributed by atoms with E-state index in [1.54, 1.807) is 7.11 Å². The molecule has 0 unspecified atom stereocenters. The molecule has 0 aliphatic rings. The first-order chi connectivity index (χ1) is 8.43. The summed E-state index contributed by atoms with van der Waals surface area (Å²) in [5, 5.41) is 3.40. The third kappa shape index (κ3) is 7.77. The van der Waals surface area contributed by atoms with Gasteiger partial charge < -0.3 is 14.8 Å². The van der Waals surface area contributed by atoms with Crippen molar-refractivity contribution in [2.75, 3.05) is 33.4 Å². The van der Waals surface area contributed by atoms with Crippen LogP contribution in [0, 0.1) is 0 Å². The van der Waals surface area contributed by atoms with Gasteiger partial charge >= 0.3 is 0 Å². The third-order valence-corrected chi connectivity index (χ3v) is 2.46. The Balaban J connectivity index is 1.85. The fraction of sp³-hybridized carbons (Fsp3) is 0.571. The molecule has 1 rings (SSSR count). The van der Waals surface area contributed by atoms with Gasteiger partial charge in [0.05, 0.1) is 6.61 Å². The van der Waals surface area contributed by atoms with E-state index in [2.05, 4.69) is 5.32 Å². The Labute approximate surface area is 104 Å². The topological polar surface area (TPSA) is 30.5 Å². The summed E-state index contributed by atoms with van der Waals surface area (Å²) in [4.78, 5) is 0. The lowest BCUT2D eigenvalue weighted by atomic mass is 10.3. The van der Waals surface area contributed by atoms with Gasteiger partial charge in [-0.1, -0.05) is 18.2 Å². The van der Waals surface area contributed by atoms with E-state index in [-0.39, 0.29) is 0 Å². The van der Waals surface area contributed by atoms with Crippen LogP contribution in [-0.2, 0) is 4.74 Å². The number of hydrogen-bond donors (Lipinski definition) is 1. The van der Waals surface area contributed by atoms with E-state index in [1.807, 2.05) is 30.3 Å². The summed E-state index contributed by atoms with van der Waals surface area (Å²) < 4.78 is 10.6. The van der Waals surface area contributed by atoms with E-state index >= 15 is 0 Å². The number of benzene rings is 1. The maximum Gasteiger partial charge on any atom is 0.119 e. The molecule has 0 spiro atoms. The van der Waals surface area contributed by atoms with Crippen LogP contribution in [0.25, 0.3) is 0 Å². The van der Waals surface area contributed by atoms with Crippen LogP contribution in [0.2, 0.25) is 0 Å². The van der Waals surface area contributed by atoms with E-state index < -0.39 is 0 Å². The number of ether oxygens (including phenoxy) is 2. The lowest BCUT2D eigenvalue weighted by Gasteiger charge is -2.07. The van der Waals surface area contributed by atoms with Gasteiger partial charge in [0.2, 0.25) is 0 Å². The molecule has 0 aliphatic heterocycles. The molecule has 0 saturated carbocycles. The van der Waals surface area contributed by atoms with Gasteiger partial charge in [-0.15, -0.1) is 0 Å². The van der Waals surface area contributed by atoms with E-state index in [1.165, 1.54) is 6.42 Å². The second-order valence-corrected chi connectivity index (χ2v) is 3.96. The molecular weight excluding hydrogens is 214 g/mol. The van der Waals surface area contributed by atoms with Crippen molar-refractivity contribution in [1.29, 1.82) is 0 Å². The minimum Gasteiger partial charge on any atom is -0.494 e. The van der Waals surface area contributed by atoms with Gasteiger partial charge in [-0.25, -0.2) is 0 Å². The summed E-state index contributed by atoms with van der Waals surface area (Å²) in [6.07, 6.45) is 3.34. The van der Waals surface area contributed by atoms with Crippen molar-refractivity contribution >= 4 is 0 Å². The van der Waals surface area contributed by atoms with Gasteiger partial charge in [0.1, 0.15) is 5.75 Å². The Bertz CT molecular complexity index is 264. The molecule has 17 heavy (non-hydrogen) atoms. The highest BCUT2D eigenvalue weighted by Crippen LogP contribution is 2.07. The fourth-order valence-corrected chi connectivity index (χ4v) is 1.53. The summed E-state index contributed by atoms with van der Waals surface area (Å²) in [5.74, 6) is 0.951. The quantitative estimate of drug-likeness (QED) is 0.634. The molecule has 0 aliphatic carbocycles. The lowest BCUT2D eigenvalue weighted by Crippen LogP contribution is -2.19. The number of rotatable bonds is 10. The minimum absolute atomic E-state index is 0.773. The van der Waals surface area contributed by atoms with E-state index in [4.69, 9.17) is 9.47 Å².